The summed E-state index contributed by atoms with van der Waals surface area (Å²) >= 11 is 0. The van der Waals surface area contributed by atoms with Crippen molar-refractivity contribution in [3.8, 4) is 0 Å². The fraction of sp³-hybridized carbons (Fsp3) is 0.636. The zero-order valence-electron chi connectivity index (χ0n) is 9.45. The van der Waals surface area contributed by atoms with Crippen LogP contribution in [0, 0.1) is 0 Å². The van der Waals surface area contributed by atoms with Gasteiger partial charge in [0.05, 0.1) is 6.04 Å². The van der Waals surface area contributed by atoms with Crippen molar-refractivity contribution in [1.29, 1.82) is 0 Å². The second-order valence-electron chi connectivity index (χ2n) is 4.66. The Morgan fingerprint density at radius 2 is 2.20 bits per heavy atom. The number of carbonyl (C=O) groups excluding carboxylic acids is 2. The molecule has 0 radical (unpaired) electrons. The number of hydrogen-bond acceptors (Lipinski definition) is 3. The number of hydrogen-bond donors (Lipinski definition) is 0. The molecule has 4 heteroatoms. The van der Waals surface area contributed by atoms with Gasteiger partial charge < -0.3 is 9.53 Å². The second-order valence-corrected chi connectivity index (χ2v) is 4.66. The van der Waals surface area contributed by atoms with Crippen molar-refractivity contribution in [2.75, 3.05) is 0 Å². The van der Waals surface area contributed by atoms with Crippen molar-refractivity contribution in [3.05, 3.63) is 12.3 Å². The van der Waals surface area contributed by atoms with Gasteiger partial charge in [0.25, 0.3) is 0 Å². The topological polar surface area (TPSA) is 46.6 Å². The molecule has 0 spiro atoms. The lowest BCUT2D eigenvalue weighted by Crippen LogP contribution is -2.39. The maximum absolute atomic E-state index is 11.7. The second kappa shape index (κ2) is 4.04. The van der Waals surface area contributed by atoms with E-state index in [0.717, 1.165) is 6.29 Å². The van der Waals surface area contributed by atoms with Crippen molar-refractivity contribution >= 4 is 12.4 Å². The molecule has 0 aromatic carbocycles. The van der Waals surface area contributed by atoms with E-state index in [2.05, 4.69) is 6.58 Å². The van der Waals surface area contributed by atoms with Crippen molar-refractivity contribution in [2.45, 2.75) is 45.3 Å². The standard InChI is InChI=1S/C11H17NO3/c1-8-5-6-9(7-13)12(8)10(14)15-11(2,3)4/h7,9H,1,5-6H2,2-4H3/t9-/m0/s1. The predicted octanol–water partition coefficient (Wildman–Crippen LogP) is 2.10. The molecule has 1 amide bonds. The molecule has 1 aliphatic heterocycles. The molecular weight excluding hydrogens is 194 g/mol. The molecule has 0 aliphatic carbocycles. The molecule has 0 bridgehead atoms. The Bertz CT molecular complexity index is 291. The van der Waals surface area contributed by atoms with Gasteiger partial charge in [0.1, 0.15) is 11.9 Å². The maximum atomic E-state index is 11.7. The van der Waals surface area contributed by atoms with E-state index < -0.39 is 17.7 Å². The fourth-order valence-corrected chi connectivity index (χ4v) is 1.50. The third-order valence-electron chi connectivity index (χ3n) is 2.15. The van der Waals surface area contributed by atoms with Gasteiger partial charge in [0, 0.05) is 5.70 Å². The number of rotatable bonds is 1. The molecule has 0 aromatic heterocycles. The van der Waals surface area contributed by atoms with E-state index >= 15 is 0 Å². The highest BCUT2D eigenvalue weighted by atomic mass is 16.6. The van der Waals surface area contributed by atoms with E-state index in [-0.39, 0.29) is 0 Å². The van der Waals surface area contributed by atoms with Crippen molar-refractivity contribution in [2.24, 2.45) is 0 Å². The van der Waals surface area contributed by atoms with E-state index in [1.54, 1.807) is 20.8 Å². The smallest absolute Gasteiger partial charge is 0.415 e. The molecule has 84 valence electrons. The number of nitrogens with zero attached hydrogens (tertiary/aromatic N) is 1. The molecule has 0 saturated carbocycles. The van der Waals surface area contributed by atoms with Crippen molar-refractivity contribution in [1.82, 2.24) is 4.90 Å². The highest BCUT2D eigenvalue weighted by Gasteiger charge is 2.34. The van der Waals surface area contributed by atoms with Crippen LogP contribution in [0.4, 0.5) is 4.79 Å². The lowest BCUT2D eigenvalue weighted by molar-refractivity contribution is -0.111. The summed E-state index contributed by atoms with van der Waals surface area (Å²) in [7, 11) is 0. The van der Waals surface area contributed by atoms with Crippen LogP contribution in [0.3, 0.4) is 0 Å². The Balaban J connectivity index is 2.73. The Hall–Kier alpha value is -1.32. The van der Waals surface area contributed by atoms with Crippen LogP contribution in [0.5, 0.6) is 0 Å². The summed E-state index contributed by atoms with van der Waals surface area (Å²) in [4.78, 5) is 23.8. The first-order chi connectivity index (χ1) is 6.85. The minimum atomic E-state index is -0.548. The van der Waals surface area contributed by atoms with Gasteiger partial charge in [-0.3, -0.25) is 4.90 Å². The van der Waals surface area contributed by atoms with Crippen molar-refractivity contribution in [3.63, 3.8) is 0 Å². The van der Waals surface area contributed by atoms with Crippen LogP contribution in [-0.4, -0.2) is 28.9 Å². The molecule has 0 aromatic rings. The number of amides is 1. The van der Waals surface area contributed by atoms with Crippen LogP contribution < -0.4 is 0 Å². The summed E-state index contributed by atoms with van der Waals surface area (Å²) in [6.45, 7) is 9.13. The number of allylic oxidation sites excluding steroid dienone is 1. The van der Waals surface area contributed by atoms with Gasteiger partial charge in [-0.15, -0.1) is 0 Å². The Morgan fingerprint density at radius 3 is 2.67 bits per heavy atom. The molecule has 1 fully saturated rings. The number of carbonyl (C=O) groups is 2. The van der Waals surface area contributed by atoms with E-state index in [4.69, 9.17) is 4.74 Å². The molecular formula is C11H17NO3. The Morgan fingerprint density at radius 1 is 1.60 bits per heavy atom. The summed E-state index contributed by atoms with van der Waals surface area (Å²) < 4.78 is 5.19. The van der Waals surface area contributed by atoms with Crippen LogP contribution in [0.2, 0.25) is 0 Å². The van der Waals surface area contributed by atoms with Crippen LogP contribution in [-0.2, 0) is 9.53 Å². The quantitative estimate of drug-likeness (QED) is 0.624. The molecule has 1 saturated heterocycles. The minimum absolute atomic E-state index is 0.410. The normalized spacial score (nSPS) is 21.7. The average Bonchev–Trinajstić information content (AvgIpc) is 2.43. The molecule has 0 N–H and O–H groups in total. The first-order valence-corrected chi connectivity index (χ1v) is 5.00. The lowest BCUT2D eigenvalue weighted by atomic mass is 10.2. The summed E-state index contributed by atoms with van der Waals surface area (Å²) in [6, 6.07) is -0.410. The van der Waals surface area contributed by atoms with Gasteiger partial charge in [-0.2, -0.15) is 0 Å². The number of likely N-dealkylation sites (tertiary alicyclic amines) is 1. The zero-order chi connectivity index (χ0) is 11.6. The van der Waals surface area contributed by atoms with Gasteiger partial charge >= 0.3 is 6.09 Å². The minimum Gasteiger partial charge on any atom is -0.443 e. The first-order valence-electron chi connectivity index (χ1n) is 5.00. The van der Waals surface area contributed by atoms with E-state index in [1.165, 1.54) is 4.90 Å². The third kappa shape index (κ3) is 2.81. The summed E-state index contributed by atoms with van der Waals surface area (Å²) in [5, 5.41) is 0. The van der Waals surface area contributed by atoms with E-state index in [1.807, 2.05) is 0 Å². The van der Waals surface area contributed by atoms with Gasteiger partial charge in [-0.1, -0.05) is 6.58 Å². The summed E-state index contributed by atoms with van der Waals surface area (Å²) in [6.07, 6.45) is 1.59. The molecule has 4 nitrogen and oxygen atoms in total. The monoisotopic (exact) mass is 211 g/mol. The highest BCUT2D eigenvalue weighted by Crippen LogP contribution is 2.26. The number of ether oxygens (including phenoxy) is 1. The maximum Gasteiger partial charge on any atom is 0.415 e. The SMILES string of the molecule is C=C1CC[C@@H](C=O)N1C(=O)OC(C)(C)C. The zero-order valence-corrected chi connectivity index (χ0v) is 9.45. The van der Waals surface area contributed by atoms with Gasteiger partial charge in [0.15, 0.2) is 0 Å². The van der Waals surface area contributed by atoms with Gasteiger partial charge in [-0.25, -0.2) is 4.79 Å². The highest BCUT2D eigenvalue weighted by molar-refractivity contribution is 5.76. The van der Waals surface area contributed by atoms with Crippen LogP contribution >= 0.6 is 0 Å². The first kappa shape index (κ1) is 11.8. The number of aldehydes is 1. The molecule has 1 heterocycles. The van der Waals surface area contributed by atoms with E-state index in [9.17, 15) is 9.59 Å². The van der Waals surface area contributed by atoms with Gasteiger partial charge in [-0.05, 0) is 33.6 Å². The Labute approximate surface area is 89.9 Å². The molecule has 15 heavy (non-hydrogen) atoms. The largest absolute Gasteiger partial charge is 0.443 e. The Kier molecular flexibility index (Phi) is 3.17. The van der Waals surface area contributed by atoms with E-state index in [0.29, 0.717) is 18.5 Å². The molecule has 1 rings (SSSR count). The van der Waals surface area contributed by atoms with Gasteiger partial charge in [0.2, 0.25) is 0 Å². The predicted molar refractivity (Wildman–Crippen MR) is 56.3 cm³/mol. The molecule has 1 atom stereocenters. The lowest BCUT2D eigenvalue weighted by Gasteiger charge is -2.26. The molecule has 1 aliphatic rings. The third-order valence-corrected chi connectivity index (χ3v) is 2.15. The van der Waals surface area contributed by atoms with Crippen LogP contribution in [0.15, 0.2) is 12.3 Å². The van der Waals surface area contributed by atoms with Crippen LogP contribution in [0.1, 0.15) is 33.6 Å². The van der Waals surface area contributed by atoms with Crippen LogP contribution in [0.25, 0.3) is 0 Å². The van der Waals surface area contributed by atoms with Crippen molar-refractivity contribution < 1.29 is 14.3 Å². The summed E-state index contributed by atoms with van der Waals surface area (Å²) in [5.41, 5.74) is 0.106. The molecule has 0 unspecified atom stereocenters. The fourth-order valence-electron chi connectivity index (χ4n) is 1.50. The summed E-state index contributed by atoms with van der Waals surface area (Å²) in [5.74, 6) is 0. The average molecular weight is 211 g/mol.